The third-order valence-electron chi connectivity index (χ3n) is 3.49. The number of hydrogen-bond donors (Lipinski definition) is 0. The normalized spacial score (nSPS) is 28.2. The van der Waals surface area contributed by atoms with Gasteiger partial charge < -0.3 is 9.47 Å². The summed E-state index contributed by atoms with van der Waals surface area (Å²) in [5, 5.41) is 0. The Hall–Kier alpha value is -0.940. The SMILES string of the molecule is C#CC1[C@@H](C)C=C(OC(C)(C)OC)CC1(C)C. The lowest BCUT2D eigenvalue weighted by atomic mass is 9.67. The van der Waals surface area contributed by atoms with E-state index in [0.29, 0.717) is 5.92 Å². The van der Waals surface area contributed by atoms with E-state index in [0.717, 1.165) is 12.2 Å². The molecule has 0 fully saturated rings. The largest absolute Gasteiger partial charge is 0.468 e. The van der Waals surface area contributed by atoms with Gasteiger partial charge in [-0.3, -0.25) is 0 Å². The zero-order chi connectivity index (χ0) is 13.3. The maximum absolute atomic E-state index is 5.90. The summed E-state index contributed by atoms with van der Waals surface area (Å²) in [6.45, 7) is 10.4. The van der Waals surface area contributed by atoms with E-state index in [1.807, 2.05) is 13.8 Å². The molecule has 0 N–H and O–H groups in total. The van der Waals surface area contributed by atoms with Crippen LogP contribution in [0.5, 0.6) is 0 Å². The van der Waals surface area contributed by atoms with E-state index in [4.69, 9.17) is 15.9 Å². The van der Waals surface area contributed by atoms with Crippen molar-refractivity contribution < 1.29 is 9.47 Å². The second-order valence-corrected chi connectivity index (χ2v) is 6.01. The van der Waals surface area contributed by atoms with Gasteiger partial charge in [-0.05, 0) is 17.4 Å². The van der Waals surface area contributed by atoms with Gasteiger partial charge in [-0.1, -0.05) is 20.8 Å². The van der Waals surface area contributed by atoms with Crippen LogP contribution in [0.1, 0.15) is 41.0 Å². The smallest absolute Gasteiger partial charge is 0.204 e. The molecule has 0 bridgehead atoms. The van der Waals surface area contributed by atoms with E-state index in [2.05, 4.69) is 32.8 Å². The Bertz CT molecular complexity index is 344. The van der Waals surface area contributed by atoms with Crippen LogP contribution in [0.2, 0.25) is 0 Å². The molecule has 0 aromatic heterocycles. The molecule has 0 saturated heterocycles. The molecule has 0 aliphatic heterocycles. The van der Waals surface area contributed by atoms with E-state index in [-0.39, 0.29) is 11.3 Å². The number of allylic oxidation sites excluding steroid dienone is 2. The summed E-state index contributed by atoms with van der Waals surface area (Å²) in [4.78, 5) is 0. The molecule has 0 spiro atoms. The minimum atomic E-state index is -0.579. The summed E-state index contributed by atoms with van der Waals surface area (Å²) < 4.78 is 11.2. The van der Waals surface area contributed by atoms with Crippen molar-refractivity contribution in [3.05, 3.63) is 11.8 Å². The lowest BCUT2D eigenvalue weighted by Crippen LogP contribution is -2.35. The molecule has 96 valence electrons. The van der Waals surface area contributed by atoms with Crippen LogP contribution in [0.3, 0.4) is 0 Å². The first-order chi connectivity index (χ1) is 7.72. The molecule has 0 amide bonds. The average Bonchev–Trinajstić information content (AvgIpc) is 2.15. The number of ether oxygens (including phenoxy) is 2. The summed E-state index contributed by atoms with van der Waals surface area (Å²) in [5.41, 5.74) is 0.0715. The van der Waals surface area contributed by atoms with Crippen LogP contribution in [-0.4, -0.2) is 12.9 Å². The van der Waals surface area contributed by atoms with Gasteiger partial charge in [0.05, 0.1) is 5.76 Å². The van der Waals surface area contributed by atoms with Crippen molar-refractivity contribution in [3.8, 4) is 12.3 Å². The Morgan fingerprint density at radius 1 is 1.47 bits per heavy atom. The fraction of sp³-hybridized carbons (Fsp3) is 0.733. The minimum absolute atomic E-state index is 0.0715. The van der Waals surface area contributed by atoms with Crippen molar-refractivity contribution in [2.24, 2.45) is 17.3 Å². The molecule has 0 aromatic carbocycles. The molecule has 1 rings (SSSR count). The third-order valence-corrected chi connectivity index (χ3v) is 3.49. The Kier molecular flexibility index (Phi) is 3.94. The molecule has 0 heterocycles. The van der Waals surface area contributed by atoms with Gasteiger partial charge in [-0.2, -0.15) is 0 Å². The van der Waals surface area contributed by atoms with Crippen molar-refractivity contribution in [1.82, 2.24) is 0 Å². The van der Waals surface area contributed by atoms with Crippen LogP contribution in [-0.2, 0) is 9.47 Å². The molecule has 0 radical (unpaired) electrons. The highest BCUT2D eigenvalue weighted by molar-refractivity contribution is 5.16. The lowest BCUT2D eigenvalue weighted by molar-refractivity contribution is -0.177. The van der Waals surface area contributed by atoms with Crippen molar-refractivity contribution in [3.63, 3.8) is 0 Å². The lowest BCUT2D eigenvalue weighted by Gasteiger charge is -2.40. The number of rotatable bonds is 3. The fourth-order valence-electron chi connectivity index (χ4n) is 2.52. The summed E-state index contributed by atoms with van der Waals surface area (Å²) in [6, 6.07) is 0. The Labute approximate surface area is 105 Å². The average molecular weight is 236 g/mol. The first kappa shape index (κ1) is 14.1. The van der Waals surface area contributed by atoms with Gasteiger partial charge >= 0.3 is 0 Å². The molecule has 1 aliphatic rings. The van der Waals surface area contributed by atoms with Gasteiger partial charge in [-0.15, -0.1) is 12.3 Å². The Balaban J connectivity index is 2.89. The quantitative estimate of drug-likeness (QED) is 0.551. The zero-order valence-electron chi connectivity index (χ0n) is 11.8. The molecule has 0 saturated carbocycles. The Morgan fingerprint density at radius 2 is 2.06 bits per heavy atom. The molecular formula is C15H24O2. The van der Waals surface area contributed by atoms with E-state index in [1.54, 1.807) is 7.11 Å². The summed E-state index contributed by atoms with van der Waals surface area (Å²) in [7, 11) is 1.65. The van der Waals surface area contributed by atoms with Gasteiger partial charge in [0, 0.05) is 33.3 Å². The van der Waals surface area contributed by atoms with Crippen LogP contribution in [0.25, 0.3) is 0 Å². The second kappa shape index (κ2) is 4.74. The van der Waals surface area contributed by atoms with Crippen LogP contribution < -0.4 is 0 Å². The van der Waals surface area contributed by atoms with Crippen LogP contribution in [0.15, 0.2) is 11.8 Å². The fourth-order valence-corrected chi connectivity index (χ4v) is 2.52. The molecule has 2 atom stereocenters. The summed E-state index contributed by atoms with van der Waals surface area (Å²) in [6.07, 6.45) is 8.62. The molecule has 17 heavy (non-hydrogen) atoms. The molecular weight excluding hydrogens is 212 g/mol. The highest BCUT2D eigenvalue weighted by Gasteiger charge is 2.38. The van der Waals surface area contributed by atoms with Crippen LogP contribution in [0, 0.1) is 29.6 Å². The third kappa shape index (κ3) is 3.26. The number of methoxy groups -OCH3 is 1. The minimum Gasteiger partial charge on any atom is -0.468 e. The van der Waals surface area contributed by atoms with Crippen molar-refractivity contribution in [1.29, 1.82) is 0 Å². The zero-order valence-corrected chi connectivity index (χ0v) is 11.8. The predicted octanol–water partition coefficient (Wildman–Crippen LogP) is 3.58. The van der Waals surface area contributed by atoms with E-state index < -0.39 is 5.79 Å². The summed E-state index contributed by atoms with van der Waals surface area (Å²) in [5.74, 6) is 3.92. The van der Waals surface area contributed by atoms with Crippen molar-refractivity contribution in [2.75, 3.05) is 7.11 Å². The van der Waals surface area contributed by atoms with Crippen molar-refractivity contribution in [2.45, 2.75) is 46.8 Å². The first-order valence-electron chi connectivity index (χ1n) is 6.13. The monoisotopic (exact) mass is 236 g/mol. The van der Waals surface area contributed by atoms with E-state index in [1.165, 1.54) is 0 Å². The number of terminal acetylenes is 1. The van der Waals surface area contributed by atoms with Crippen LogP contribution >= 0.6 is 0 Å². The molecule has 1 unspecified atom stereocenters. The topological polar surface area (TPSA) is 18.5 Å². The van der Waals surface area contributed by atoms with E-state index in [9.17, 15) is 0 Å². The van der Waals surface area contributed by atoms with E-state index >= 15 is 0 Å². The Morgan fingerprint density at radius 3 is 2.47 bits per heavy atom. The van der Waals surface area contributed by atoms with Crippen LogP contribution in [0.4, 0.5) is 0 Å². The maximum atomic E-state index is 5.90. The van der Waals surface area contributed by atoms with Gasteiger partial charge in [0.1, 0.15) is 0 Å². The van der Waals surface area contributed by atoms with Crippen molar-refractivity contribution >= 4 is 0 Å². The predicted molar refractivity (Wildman–Crippen MR) is 70.1 cm³/mol. The first-order valence-corrected chi connectivity index (χ1v) is 6.13. The van der Waals surface area contributed by atoms with Gasteiger partial charge in [0.15, 0.2) is 0 Å². The highest BCUT2D eigenvalue weighted by Crippen LogP contribution is 2.44. The molecule has 2 heteroatoms. The van der Waals surface area contributed by atoms with Gasteiger partial charge in [0.25, 0.3) is 0 Å². The molecule has 1 aliphatic carbocycles. The standard InChI is InChI=1S/C15H24O2/c1-8-13-11(2)9-12(10-14(13,3)4)17-15(5,6)16-7/h1,9,11,13H,10H2,2-7H3/t11-,13?/m0/s1. The molecule has 0 aromatic rings. The highest BCUT2D eigenvalue weighted by atomic mass is 16.7. The molecule has 2 nitrogen and oxygen atoms in total. The summed E-state index contributed by atoms with van der Waals surface area (Å²) >= 11 is 0. The second-order valence-electron chi connectivity index (χ2n) is 6.01. The number of hydrogen-bond acceptors (Lipinski definition) is 2. The van der Waals surface area contributed by atoms with Gasteiger partial charge in [0.2, 0.25) is 5.79 Å². The maximum Gasteiger partial charge on any atom is 0.204 e. The van der Waals surface area contributed by atoms with Gasteiger partial charge in [-0.25, -0.2) is 0 Å².